The number of amides is 3. The Bertz CT molecular complexity index is 818. The Labute approximate surface area is 209 Å². The van der Waals surface area contributed by atoms with Gasteiger partial charge in [0.05, 0.1) is 12.5 Å². The number of carboxylic acids is 2. The largest absolute Gasteiger partial charge is 0.481 e. The van der Waals surface area contributed by atoms with E-state index in [1.807, 2.05) is 0 Å². The highest BCUT2D eigenvalue weighted by Gasteiger charge is 2.38. The number of hydrogen-bond donors (Lipinski definition) is 8. The molecule has 15 nitrogen and oxygen atoms in total. The van der Waals surface area contributed by atoms with E-state index in [0.717, 1.165) is 0 Å². The van der Waals surface area contributed by atoms with Crippen LogP contribution < -0.4 is 33.6 Å². The number of nitrogens with zero attached hydrogens (tertiary/aromatic N) is 2. The number of aliphatic imine (C=N–C) groups is 1. The van der Waals surface area contributed by atoms with Crippen molar-refractivity contribution in [2.75, 3.05) is 19.6 Å². The summed E-state index contributed by atoms with van der Waals surface area (Å²) >= 11 is 0. The molecule has 1 fully saturated rings. The average molecular weight is 515 g/mol. The number of carboxylic acid groups (broad SMARTS) is 2. The van der Waals surface area contributed by atoms with Crippen LogP contribution in [-0.4, -0.2) is 94.5 Å². The molecule has 0 aromatic rings. The number of nitrogens with two attached hydrogens (primary N) is 4. The number of guanidine groups is 1. The van der Waals surface area contributed by atoms with Crippen LogP contribution in [0.2, 0.25) is 0 Å². The highest BCUT2D eigenvalue weighted by atomic mass is 16.4. The summed E-state index contributed by atoms with van der Waals surface area (Å²) in [4.78, 5) is 66.5. The minimum Gasteiger partial charge on any atom is -0.481 e. The molecule has 204 valence electrons. The van der Waals surface area contributed by atoms with Gasteiger partial charge in [0.1, 0.15) is 18.1 Å². The molecule has 1 rings (SSSR count). The van der Waals surface area contributed by atoms with Gasteiger partial charge >= 0.3 is 11.9 Å². The molecular weight excluding hydrogens is 476 g/mol. The Balaban J connectivity index is 3.00. The Kier molecular flexibility index (Phi) is 13.2. The maximum Gasteiger partial charge on any atom is 0.326 e. The molecular formula is C21H38N8O7. The van der Waals surface area contributed by atoms with Crippen LogP contribution in [-0.2, 0) is 24.0 Å². The molecule has 4 unspecified atom stereocenters. The third-order valence-electron chi connectivity index (χ3n) is 5.70. The standard InChI is InChI=1S/C21H38N8O7/c22-8-2-1-5-12(23)17(32)28-14(11-16(30)31)18(33)27-13(6-3-9-26-21(24)25)19(34)29-10-4-7-15(29)20(35)36/h12-15H,1-11,22-23H2,(H,27,33)(H,28,32)(H,30,31)(H,35,36)(H4,24,25,26). The van der Waals surface area contributed by atoms with Crippen LogP contribution in [0.1, 0.15) is 51.4 Å². The van der Waals surface area contributed by atoms with Gasteiger partial charge in [0.25, 0.3) is 0 Å². The van der Waals surface area contributed by atoms with Crippen molar-refractivity contribution in [3.05, 3.63) is 0 Å². The third-order valence-corrected chi connectivity index (χ3v) is 5.70. The molecule has 0 aliphatic carbocycles. The van der Waals surface area contributed by atoms with E-state index in [1.165, 1.54) is 4.90 Å². The SMILES string of the molecule is NCCCCC(N)C(=O)NC(CC(=O)O)C(=O)NC(CCCN=C(N)N)C(=O)N1CCCC1C(=O)O. The van der Waals surface area contributed by atoms with Crippen molar-refractivity contribution in [2.45, 2.75) is 75.5 Å². The lowest BCUT2D eigenvalue weighted by molar-refractivity contribution is -0.149. The molecule has 3 amide bonds. The zero-order valence-corrected chi connectivity index (χ0v) is 20.2. The third kappa shape index (κ3) is 10.4. The minimum absolute atomic E-state index is 0.0521. The zero-order chi connectivity index (χ0) is 27.3. The first kappa shape index (κ1) is 30.6. The van der Waals surface area contributed by atoms with Crippen LogP contribution in [0.4, 0.5) is 0 Å². The van der Waals surface area contributed by atoms with E-state index in [2.05, 4.69) is 15.6 Å². The summed E-state index contributed by atoms with van der Waals surface area (Å²) in [6, 6.07) is -4.69. The molecule has 0 spiro atoms. The molecule has 0 radical (unpaired) electrons. The van der Waals surface area contributed by atoms with Crippen LogP contribution in [0.15, 0.2) is 4.99 Å². The van der Waals surface area contributed by atoms with Gasteiger partial charge in [-0.3, -0.25) is 24.2 Å². The predicted molar refractivity (Wildman–Crippen MR) is 129 cm³/mol. The Morgan fingerprint density at radius 2 is 1.64 bits per heavy atom. The van der Waals surface area contributed by atoms with Gasteiger partial charge in [-0.2, -0.15) is 0 Å². The number of rotatable bonds is 16. The van der Waals surface area contributed by atoms with Gasteiger partial charge in [-0.25, -0.2) is 4.79 Å². The number of carbonyl (C=O) groups excluding carboxylic acids is 3. The molecule has 1 aliphatic heterocycles. The number of carbonyl (C=O) groups is 5. The molecule has 0 aromatic heterocycles. The second-order valence-electron chi connectivity index (χ2n) is 8.59. The van der Waals surface area contributed by atoms with Crippen LogP contribution in [0.5, 0.6) is 0 Å². The van der Waals surface area contributed by atoms with Gasteiger partial charge in [0, 0.05) is 13.1 Å². The molecule has 0 bridgehead atoms. The Morgan fingerprint density at radius 1 is 0.972 bits per heavy atom. The molecule has 0 aromatic carbocycles. The highest BCUT2D eigenvalue weighted by Crippen LogP contribution is 2.20. The molecule has 1 saturated heterocycles. The number of aliphatic carboxylic acids is 2. The second kappa shape index (κ2) is 15.5. The predicted octanol–water partition coefficient (Wildman–Crippen LogP) is -2.98. The maximum absolute atomic E-state index is 13.2. The molecule has 36 heavy (non-hydrogen) atoms. The van der Waals surface area contributed by atoms with Crippen molar-refractivity contribution in [1.29, 1.82) is 0 Å². The monoisotopic (exact) mass is 514 g/mol. The molecule has 0 saturated carbocycles. The number of unbranched alkanes of at least 4 members (excludes halogenated alkanes) is 1. The van der Waals surface area contributed by atoms with Gasteiger partial charge in [-0.1, -0.05) is 6.42 Å². The van der Waals surface area contributed by atoms with Crippen molar-refractivity contribution < 1.29 is 34.2 Å². The van der Waals surface area contributed by atoms with Crippen molar-refractivity contribution >= 4 is 35.6 Å². The van der Waals surface area contributed by atoms with Crippen LogP contribution in [0.3, 0.4) is 0 Å². The first-order valence-electron chi connectivity index (χ1n) is 11.8. The lowest BCUT2D eigenvalue weighted by Crippen LogP contribution is -2.57. The van der Waals surface area contributed by atoms with Crippen molar-refractivity contribution in [2.24, 2.45) is 27.9 Å². The summed E-state index contributed by atoms with van der Waals surface area (Å²) in [5.74, 6) is -4.92. The average Bonchev–Trinajstić information content (AvgIpc) is 3.30. The summed E-state index contributed by atoms with van der Waals surface area (Å²) in [7, 11) is 0. The normalized spacial score (nSPS) is 17.5. The Hall–Kier alpha value is -3.46. The van der Waals surface area contributed by atoms with Crippen molar-refractivity contribution in [3.8, 4) is 0 Å². The van der Waals surface area contributed by atoms with Crippen LogP contribution in [0.25, 0.3) is 0 Å². The first-order valence-corrected chi connectivity index (χ1v) is 11.8. The first-order chi connectivity index (χ1) is 17.0. The van der Waals surface area contributed by atoms with Gasteiger partial charge in [0.15, 0.2) is 5.96 Å². The smallest absolute Gasteiger partial charge is 0.326 e. The number of hydrogen-bond acceptors (Lipinski definition) is 8. The lowest BCUT2D eigenvalue weighted by Gasteiger charge is -2.28. The fourth-order valence-electron chi connectivity index (χ4n) is 3.82. The molecule has 15 heteroatoms. The fraction of sp³-hybridized carbons (Fsp3) is 0.714. The summed E-state index contributed by atoms with van der Waals surface area (Å²) in [5, 5.41) is 23.5. The van der Waals surface area contributed by atoms with Gasteiger partial charge in [-0.15, -0.1) is 0 Å². The molecule has 1 aliphatic rings. The molecule has 4 atom stereocenters. The van der Waals surface area contributed by atoms with E-state index in [9.17, 15) is 34.2 Å². The van der Waals surface area contributed by atoms with Gasteiger partial charge < -0.3 is 48.7 Å². The number of likely N-dealkylation sites (tertiary alicyclic amines) is 1. The topological polar surface area (TPSA) is 270 Å². The lowest BCUT2D eigenvalue weighted by atomic mass is 10.1. The quantitative estimate of drug-likeness (QED) is 0.0584. The summed E-state index contributed by atoms with van der Waals surface area (Å²) in [6.45, 7) is 0.775. The van der Waals surface area contributed by atoms with E-state index in [-0.39, 0.29) is 38.3 Å². The number of nitrogens with one attached hydrogen (secondary N) is 2. The minimum atomic E-state index is -1.50. The van der Waals surface area contributed by atoms with E-state index >= 15 is 0 Å². The summed E-state index contributed by atoms with van der Waals surface area (Å²) < 4.78 is 0. The van der Waals surface area contributed by atoms with Gasteiger partial charge in [0.2, 0.25) is 17.7 Å². The summed E-state index contributed by atoms with van der Waals surface area (Å²) in [5.41, 5.74) is 21.9. The second-order valence-corrected chi connectivity index (χ2v) is 8.59. The fourth-order valence-corrected chi connectivity index (χ4v) is 3.82. The molecule has 1 heterocycles. The highest BCUT2D eigenvalue weighted by molar-refractivity contribution is 5.95. The zero-order valence-electron chi connectivity index (χ0n) is 20.2. The summed E-state index contributed by atoms with van der Waals surface area (Å²) in [6.07, 6.45) is 1.85. The van der Waals surface area contributed by atoms with Crippen molar-refractivity contribution in [3.63, 3.8) is 0 Å². The van der Waals surface area contributed by atoms with Crippen molar-refractivity contribution in [1.82, 2.24) is 15.5 Å². The van der Waals surface area contributed by atoms with E-state index in [1.54, 1.807) is 0 Å². The van der Waals surface area contributed by atoms with E-state index < -0.39 is 60.2 Å². The van der Waals surface area contributed by atoms with E-state index in [4.69, 9.17) is 22.9 Å². The van der Waals surface area contributed by atoms with Crippen LogP contribution >= 0.6 is 0 Å². The molecule has 12 N–H and O–H groups in total. The van der Waals surface area contributed by atoms with E-state index in [0.29, 0.717) is 32.2 Å². The van der Waals surface area contributed by atoms with Crippen LogP contribution in [0, 0.1) is 0 Å². The van der Waals surface area contributed by atoms with Gasteiger partial charge in [-0.05, 0) is 45.1 Å². The Morgan fingerprint density at radius 3 is 2.22 bits per heavy atom. The maximum atomic E-state index is 13.2.